The molecule has 2 fully saturated rings. The van der Waals surface area contributed by atoms with Gasteiger partial charge in [0.25, 0.3) is 10.0 Å². The van der Waals surface area contributed by atoms with Gasteiger partial charge in [-0.3, -0.25) is 19.4 Å². The summed E-state index contributed by atoms with van der Waals surface area (Å²) in [5.74, 6) is -0.553. The van der Waals surface area contributed by atoms with Crippen molar-refractivity contribution in [1.82, 2.24) is 19.0 Å². The number of fused-ring (bicyclic) bond motifs is 1. The minimum Gasteiger partial charge on any atom is -0.379 e. The van der Waals surface area contributed by atoms with Crippen molar-refractivity contribution in [3.05, 3.63) is 75.1 Å². The van der Waals surface area contributed by atoms with Crippen LogP contribution in [0.25, 0.3) is 0 Å². The maximum atomic E-state index is 14.2. The van der Waals surface area contributed by atoms with Crippen LogP contribution < -0.4 is 0 Å². The Balaban J connectivity index is 1.66. The molecule has 0 aromatic heterocycles. The van der Waals surface area contributed by atoms with Gasteiger partial charge in [-0.15, -0.1) is 0 Å². The smallest absolute Gasteiger partial charge is 0.267 e. The molecule has 0 aliphatic carbocycles. The van der Waals surface area contributed by atoms with Crippen molar-refractivity contribution in [3.8, 4) is 0 Å². The second kappa shape index (κ2) is 11.5. The number of benzene rings is 2. The molecule has 3 heterocycles. The molecule has 2 atom stereocenters. The van der Waals surface area contributed by atoms with Crippen molar-refractivity contribution in [2.75, 3.05) is 32.8 Å². The Labute approximate surface area is 248 Å². The third-order valence-corrected chi connectivity index (χ3v) is 10.0. The molecule has 0 spiro atoms. The summed E-state index contributed by atoms with van der Waals surface area (Å²) in [5, 5.41) is 0.748. The zero-order valence-electron chi connectivity index (χ0n) is 22.0. The van der Waals surface area contributed by atoms with E-state index in [9.17, 15) is 18.0 Å². The lowest BCUT2D eigenvalue weighted by molar-refractivity contribution is -0.154. The van der Waals surface area contributed by atoms with Gasteiger partial charge in [-0.2, -0.15) is 0 Å². The minimum absolute atomic E-state index is 0.0393. The van der Waals surface area contributed by atoms with Gasteiger partial charge in [0.05, 0.1) is 24.8 Å². The molecule has 0 saturated carbocycles. The Morgan fingerprint density at radius 2 is 1.68 bits per heavy atom. The zero-order chi connectivity index (χ0) is 28.8. The number of sulfonamides is 1. The van der Waals surface area contributed by atoms with E-state index in [0.29, 0.717) is 36.3 Å². The second-order valence-corrected chi connectivity index (χ2v) is 13.3. The highest BCUT2D eigenvalue weighted by Gasteiger charge is 2.51. The molecule has 2 saturated heterocycles. The molecule has 3 aliphatic heterocycles. The number of rotatable bonds is 6. The Bertz CT molecular complexity index is 1460. The van der Waals surface area contributed by atoms with Crippen LogP contribution in [0.3, 0.4) is 0 Å². The van der Waals surface area contributed by atoms with E-state index in [-0.39, 0.29) is 46.6 Å². The quantitative estimate of drug-likeness (QED) is 0.484. The largest absolute Gasteiger partial charge is 0.379 e. The van der Waals surface area contributed by atoms with Crippen molar-refractivity contribution in [2.45, 2.75) is 43.3 Å². The summed E-state index contributed by atoms with van der Waals surface area (Å²) in [6, 6.07) is 9.12. The van der Waals surface area contributed by atoms with Crippen LogP contribution in [0.15, 0.2) is 59.4 Å². The molecule has 0 bridgehead atoms. The van der Waals surface area contributed by atoms with Gasteiger partial charge >= 0.3 is 0 Å². The van der Waals surface area contributed by atoms with Crippen LogP contribution in [0.2, 0.25) is 15.1 Å². The molecule has 3 aliphatic rings. The molecular formula is C27H29Cl3N4O5S. The number of carbonyl (C=O) groups is 2. The third kappa shape index (κ3) is 5.45. The third-order valence-electron chi connectivity index (χ3n) is 7.29. The van der Waals surface area contributed by atoms with Crippen LogP contribution in [-0.2, 0) is 30.8 Å². The number of hydrogen-bond acceptors (Lipinski definition) is 6. The molecule has 2 aromatic carbocycles. The summed E-state index contributed by atoms with van der Waals surface area (Å²) in [6.45, 7) is 5.23. The van der Waals surface area contributed by atoms with Crippen LogP contribution in [0, 0.1) is 0 Å². The molecule has 2 aromatic rings. The number of nitrogens with zero attached hydrogens (tertiary/aromatic N) is 4. The average Bonchev–Trinajstić information content (AvgIpc) is 2.90. The van der Waals surface area contributed by atoms with Crippen LogP contribution in [0.4, 0.5) is 0 Å². The summed E-state index contributed by atoms with van der Waals surface area (Å²) in [7, 11) is -4.28. The van der Waals surface area contributed by atoms with Gasteiger partial charge in [0.1, 0.15) is 22.8 Å². The minimum atomic E-state index is -4.28. The van der Waals surface area contributed by atoms with E-state index in [1.54, 1.807) is 18.2 Å². The summed E-state index contributed by atoms with van der Waals surface area (Å²) in [6.07, 6.45) is 1.60. The van der Waals surface area contributed by atoms with Gasteiger partial charge in [0.15, 0.2) is 0 Å². The van der Waals surface area contributed by atoms with Gasteiger partial charge in [-0.25, -0.2) is 12.7 Å². The first kappa shape index (κ1) is 29.2. The number of ether oxygens (including phenoxy) is 1. The Morgan fingerprint density at radius 3 is 2.33 bits per heavy atom. The first-order chi connectivity index (χ1) is 19.0. The van der Waals surface area contributed by atoms with E-state index in [2.05, 4.69) is 0 Å². The molecule has 9 nitrogen and oxygen atoms in total. The van der Waals surface area contributed by atoms with Gasteiger partial charge in [0.2, 0.25) is 11.8 Å². The number of hydrogen-bond donors (Lipinski definition) is 0. The summed E-state index contributed by atoms with van der Waals surface area (Å²) in [5.41, 5.74) is 0.743. The van der Waals surface area contributed by atoms with Crippen LogP contribution in [-0.4, -0.2) is 90.2 Å². The maximum absolute atomic E-state index is 14.2. The first-order valence-corrected chi connectivity index (χ1v) is 15.5. The van der Waals surface area contributed by atoms with Crippen LogP contribution in [0.1, 0.15) is 19.4 Å². The second-order valence-electron chi connectivity index (χ2n) is 10.2. The Hall–Kier alpha value is -2.34. The highest BCUT2D eigenvalue weighted by molar-refractivity contribution is 7.89. The first-order valence-electron chi connectivity index (χ1n) is 12.9. The van der Waals surface area contributed by atoms with Gasteiger partial charge in [0, 0.05) is 41.8 Å². The number of morpholine rings is 1. The van der Waals surface area contributed by atoms with Crippen LogP contribution in [0.5, 0.6) is 0 Å². The lowest BCUT2D eigenvalue weighted by atomic mass is 9.98. The van der Waals surface area contributed by atoms with E-state index in [4.69, 9.17) is 39.5 Å². The normalized spacial score (nSPS) is 22.6. The molecule has 5 rings (SSSR count). The molecule has 2 amide bonds. The van der Waals surface area contributed by atoms with Crippen molar-refractivity contribution < 1.29 is 22.7 Å². The van der Waals surface area contributed by atoms with E-state index < -0.39 is 22.1 Å². The fourth-order valence-electron chi connectivity index (χ4n) is 5.29. The molecule has 40 heavy (non-hydrogen) atoms. The topological polar surface area (TPSA) is 90.5 Å². The van der Waals surface area contributed by atoms with Crippen molar-refractivity contribution in [2.24, 2.45) is 0 Å². The molecule has 0 N–H and O–H groups in total. The molecule has 13 heteroatoms. The zero-order valence-corrected chi connectivity index (χ0v) is 25.1. The number of amides is 2. The predicted molar refractivity (Wildman–Crippen MR) is 152 cm³/mol. The molecular weight excluding hydrogens is 599 g/mol. The SMILES string of the molecule is CC(C)N1C=C2N(C(=O)C(N3CCOCC3)CN2S(=O)(=O)c2ccc(Cl)cc2Cl)C(Cc2cccc(Cl)c2)C1=O. The van der Waals surface area contributed by atoms with E-state index in [1.165, 1.54) is 38.5 Å². The van der Waals surface area contributed by atoms with Crippen molar-refractivity contribution in [1.29, 1.82) is 0 Å². The fourth-order valence-corrected chi connectivity index (χ4v) is 7.70. The number of halogens is 3. The lowest BCUT2D eigenvalue weighted by Gasteiger charge is -2.51. The Morgan fingerprint density at radius 1 is 0.975 bits per heavy atom. The monoisotopic (exact) mass is 626 g/mol. The van der Waals surface area contributed by atoms with Gasteiger partial charge in [-0.05, 0) is 49.7 Å². The highest BCUT2D eigenvalue weighted by Crippen LogP contribution is 2.37. The summed E-state index contributed by atoms with van der Waals surface area (Å²) >= 11 is 18.7. The fraction of sp³-hybridized carbons (Fsp3) is 0.407. The van der Waals surface area contributed by atoms with E-state index in [0.717, 1.165) is 5.56 Å². The molecule has 214 valence electrons. The summed E-state index contributed by atoms with van der Waals surface area (Å²) in [4.78, 5) is 32.7. The van der Waals surface area contributed by atoms with Gasteiger partial charge in [-0.1, -0.05) is 46.9 Å². The molecule has 2 unspecified atom stereocenters. The van der Waals surface area contributed by atoms with E-state index in [1.807, 2.05) is 24.8 Å². The average molecular weight is 628 g/mol. The van der Waals surface area contributed by atoms with Crippen molar-refractivity contribution in [3.63, 3.8) is 0 Å². The summed E-state index contributed by atoms with van der Waals surface area (Å²) < 4.78 is 35.1. The lowest BCUT2D eigenvalue weighted by Crippen LogP contribution is -2.68. The Kier molecular flexibility index (Phi) is 8.39. The highest BCUT2D eigenvalue weighted by atomic mass is 35.5. The van der Waals surface area contributed by atoms with E-state index >= 15 is 0 Å². The standard InChI is InChI=1S/C27H29Cl3N4O5S/c1-17(2)32-16-25-33(40(37,38)24-7-6-20(29)14-21(24)30)15-23(31-8-10-39-11-9-31)27(36)34(25)22(26(32)35)13-18-4-3-5-19(28)12-18/h3-7,12,14,16-17,22-23H,8-11,13,15H2,1-2H3. The molecule has 0 radical (unpaired) electrons. The maximum Gasteiger partial charge on any atom is 0.267 e. The number of carbonyl (C=O) groups excluding carboxylic acids is 2. The van der Waals surface area contributed by atoms with Gasteiger partial charge < -0.3 is 9.64 Å². The van der Waals surface area contributed by atoms with Crippen LogP contribution >= 0.6 is 34.8 Å². The predicted octanol–water partition coefficient (Wildman–Crippen LogP) is 3.84. The van der Waals surface area contributed by atoms with Crippen molar-refractivity contribution >= 4 is 56.6 Å².